The summed E-state index contributed by atoms with van der Waals surface area (Å²) in [4.78, 5) is 0. The second-order valence-corrected chi connectivity index (χ2v) is 4.59. The van der Waals surface area contributed by atoms with Gasteiger partial charge in [0, 0.05) is 25.9 Å². The van der Waals surface area contributed by atoms with Crippen molar-refractivity contribution in [1.82, 2.24) is 5.43 Å². The molecule has 0 aromatic carbocycles. The Bertz CT molecular complexity index is 177. The molecule has 0 aliphatic carbocycles. The highest BCUT2D eigenvalue weighted by Crippen LogP contribution is 2.25. The van der Waals surface area contributed by atoms with E-state index in [1.807, 2.05) is 0 Å². The van der Waals surface area contributed by atoms with Crippen LogP contribution in [0.3, 0.4) is 0 Å². The molecule has 2 heterocycles. The Balaban J connectivity index is 1.79. The van der Waals surface area contributed by atoms with Crippen LogP contribution < -0.4 is 11.3 Å². The molecule has 4 heteroatoms. The van der Waals surface area contributed by atoms with Crippen LogP contribution in [0.5, 0.6) is 0 Å². The van der Waals surface area contributed by atoms with Crippen molar-refractivity contribution in [2.75, 3.05) is 19.8 Å². The summed E-state index contributed by atoms with van der Waals surface area (Å²) in [5.41, 5.74) is 2.96. The second-order valence-electron chi connectivity index (χ2n) is 4.59. The summed E-state index contributed by atoms with van der Waals surface area (Å²) < 4.78 is 11.0. The summed E-state index contributed by atoms with van der Waals surface area (Å²) in [5, 5.41) is 0. The molecule has 88 valence electrons. The molecular formula is C11H22N2O2. The van der Waals surface area contributed by atoms with Crippen LogP contribution in [0.2, 0.25) is 0 Å². The van der Waals surface area contributed by atoms with Gasteiger partial charge in [-0.1, -0.05) is 0 Å². The van der Waals surface area contributed by atoms with E-state index in [4.69, 9.17) is 15.3 Å². The Kier molecular flexibility index (Phi) is 4.38. The number of nitrogens with two attached hydrogens (primary N) is 1. The lowest BCUT2D eigenvalue weighted by atomic mass is 9.88. The summed E-state index contributed by atoms with van der Waals surface area (Å²) in [6.07, 6.45) is 6.13. The van der Waals surface area contributed by atoms with Crippen LogP contribution >= 0.6 is 0 Å². The smallest absolute Gasteiger partial charge is 0.0591 e. The van der Waals surface area contributed by atoms with Crippen molar-refractivity contribution in [2.45, 2.75) is 44.2 Å². The van der Waals surface area contributed by atoms with Gasteiger partial charge in [-0.15, -0.1) is 0 Å². The zero-order valence-electron chi connectivity index (χ0n) is 9.28. The Morgan fingerprint density at radius 3 is 2.60 bits per heavy atom. The molecule has 2 unspecified atom stereocenters. The average molecular weight is 214 g/mol. The fourth-order valence-electron chi connectivity index (χ4n) is 2.63. The maximum absolute atomic E-state index is 5.65. The molecule has 0 aromatic heterocycles. The first-order chi connectivity index (χ1) is 7.40. The fraction of sp³-hybridized carbons (Fsp3) is 1.00. The van der Waals surface area contributed by atoms with Crippen molar-refractivity contribution in [3.05, 3.63) is 0 Å². The number of hydrogen-bond donors (Lipinski definition) is 2. The van der Waals surface area contributed by atoms with Crippen LogP contribution in [-0.4, -0.2) is 32.0 Å². The molecule has 2 aliphatic rings. The SMILES string of the molecule is NNC(CC1CCCO1)C1CCOCC1. The number of ether oxygens (including phenoxy) is 2. The van der Waals surface area contributed by atoms with E-state index in [0.29, 0.717) is 18.1 Å². The largest absolute Gasteiger partial charge is 0.381 e. The van der Waals surface area contributed by atoms with Gasteiger partial charge in [0.15, 0.2) is 0 Å². The highest BCUT2D eigenvalue weighted by atomic mass is 16.5. The summed E-state index contributed by atoms with van der Waals surface area (Å²) in [6, 6.07) is 0.400. The number of hydrogen-bond acceptors (Lipinski definition) is 4. The van der Waals surface area contributed by atoms with Crippen LogP contribution in [0.4, 0.5) is 0 Å². The third kappa shape index (κ3) is 3.14. The van der Waals surface area contributed by atoms with Crippen molar-refractivity contribution in [3.8, 4) is 0 Å². The molecule has 2 rings (SSSR count). The predicted octanol–water partition coefficient (Wildman–Crippen LogP) is 0.814. The molecule has 2 aliphatic heterocycles. The molecule has 0 aromatic rings. The van der Waals surface area contributed by atoms with Gasteiger partial charge in [-0.3, -0.25) is 11.3 Å². The minimum atomic E-state index is 0.400. The number of nitrogens with one attached hydrogen (secondary N) is 1. The minimum Gasteiger partial charge on any atom is -0.381 e. The maximum Gasteiger partial charge on any atom is 0.0591 e. The molecule has 0 spiro atoms. The minimum absolute atomic E-state index is 0.400. The van der Waals surface area contributed by atoms with E-state index in [1.165, 1.54) is 12.8 Å². The Morgan fingerprint density at radius 2 is 2.00 bits per heavy atom. The molecule has 15 heavy (non-hydrogen) atoms. The van der Waals surface area contributed by atoms with E-state index in [1.54, 1.807) is 0 Å². The number of rotatable bonds is 4. The summed E-state index contributed by atoms with van der Waals surface area (Å²) in [7, 11) is 0. The second kappa shape index (κ2) is 5.80. The molecule has 2 saturated heterocycles. The topological polar surface area (TPSA) is 56.5 Å². The monoisotopic (exact) mass is 214 g/mol. The van der Waals surface area contributed by atoms with E-state index in [9.17, 15) is 0 Å². The summed E-state index contributed by atoms with van der Waals surface area (Å²) >= 11 is 0. The average Bonchev–Trinajstić information content (AvgIpc) is 2.80. The van der Waals surface area contributed by atoms with Crippen LogP contribution in [0.1, 0.15) is 32.1 Å². The van der Waals surface area contributed by atoms with Crippen molar-refractivity contribution in [1.29, 1.82) is 0 Å². The van der Waals surface area contributed by atoms with Gasteiger partial charge in [0.2, 0.25) is 0 Å². The van der Waals surface area contributed by atoms with Crippen LogP contribution in [0.25, 0.3) is 0 Å². The normalized spacial score (nSPS) is 30.6. The molecule has 3 N–H and O–H groups in total. The first-order valence-electron chi connectivity index (χ1n) is 6.05. The zero-order valence-corrected chi connectivity index (χ0v) is 9.28. The third-order valence-electron chi connectivity index (χ3n) is 3.59. The molecule has 4 nitrogen and oxygen atoms in total. The van der Waals surface area contributed by atoms with Crippen molar-refractivity contribution < 1.29 is 9.47 Å². The molecular weight excluding hydrogens is 192 g/mol. The first-order valence-corrected chi connectivity index (χ1v) is 6.05. The molecule has 0 bridgehead atoms. The van der Waals surface area contributed by atoms with Gasteiger partial charge in [0.05, 0.1) is 6.10 Å². The van der Waals surface area contributed by atoms with E-state index in [0.717, 1.165) is 39.1 Å². The first kappa shape index (κ1) is 11.3. The lowest BCUT2D eigenvalue weighted by Crippen LogP contribution is -2.44. The van der Waals surface area contributed by atoms with Gasteiger partial charge < -0.3 is 9.47 Å². The van der Waals surface area contributed by atoms with E-state index in [2.05, 4.69) is 5.43 Å². The van der Waals surface area contributed by atoms with E-state index in [-0.39, 0.29) is 0 Å². The van der Waals surface area contributed by atoms with E-state index < -0.39 is 0 Å². The Labute approximate surface area is 91.5 Å². The van der Waals surface area contributed by atoms with Crippen LogP contribution in [-0.2, 0) is 9.47 Å². The van der Waals surface area contributed by atoms with Crippen molar-refractivity contribution in [2.24, 2.45) is 11.8 Å². The predicted molar refractivity (Wildman–Crippen MR) is 58.2 cm³/mol. The van der Waals surface area contributed by atoms with Gasteiger partial charge in [-0.25, -0.2) is 0 Å². The van der Waals surface area contributed by atoms with Crippen molar-refractivity contribution in [3.63, 3.8) is 0 Å². The van der Waals surface area contributed by atoms with Crippen LogP contribution in [0.15, 0.2) is 0 Å². The molecule has 0 radical (unpaired) electrons. The molecule has 2 fully saturated rings. The van der Waals surface area contributed by atoms with Gasteiger partial charge >= 0.3 is 0 Å². The zero-order chi connectivity index (χ0) is 10.5. The maximum atomic E-state index is 5.65. The summed E-state index contributed by atoms with van der Waals surface area (Å²) in [5.74, 6) is 6.30. The lowest BCUT2D eigenvalue weighted by molar-refractivity contribution is 0.0369. The quantitative estimate of drug-likeness (QED) is 0.537. The Morgan fingerprint density at radius 1 is 1.20 bits per heavy atom. The lowest BCUT2D eigenvalue weighted by Gasteiger charge is -2.31. The Hall–Kier alpha value is -0.160. The van der Waals surface area contributed by atoms with E-state index >= 15 is 0 Å². The molecule has 0 saturated carbocycles. The van der Waals surface area contributed by atoms with Gasteiger partial charge in [0.25, 0.3) is 0 Å². The highest BCUT2D eigenvalue weighted by Gasteiger charge is 2.27. The van der Waals surface area contributed by atoms with Gasteiger partial charge in [0.1, 0.15) is 0 Å². The fourth-order valence-corrected chi connectivity index (χ4v) is 2.63. The number of hydrazine groups is 1. The highest BCUT2D eigenvalue weighted by molar-refractivity contribution is 4.81. The van der Waals surface area contributed by atoms with Gasteiger partial charge in [-0.2, -0.15) is 0 Å². The standard InChI is InChI=1S/C11H22N2O2/c12-13-11(8-10-2-1-5-15-10)9-3-6-14-7-4-9/h9-11,13H,1-8,12H2. The van der Waals surface area contributed by atoms with Crippen LogP contribution in [0, 0.1) is 5.92 Å². The van der Waals surface area contributed by atoms with Crippen molar-refractivity contribution >= 4 is 0 Å². The van der Waals surface area contributed by atoms with Gasteiger partial charge in [-0.05, 0) is 38.0 Å². The third-order valence-corrected chi connectivity index (χ3v) is 3.59. The summed E-state index contributed by atoms with van der Waals surface area (Å²) in [6.45, 7) is 2.69. The molecule has 2 atom stereocenters. The molecule has 0 amide bonds.